The summed E-state index contributed by atoms with van der Waals surface area (Å²) in [5, 5.41) is 15.6. The van der Waals surface area contributed by atoms with Crippen molar-refractivity contribution in [1.82, 2.24) is 20.0 Å². The van der Waals surface area contributed by atoms with Crippen molar-refractivity contribution in [3.8, 4) is 0 Å². The molecule has 1 fully saturated rings. The van der Waals surface area contributed by atoms with Crippen molar-refractivity contribution in [2.45, 2.75) is 25.3 Å². The van der Waals surface area contributed by atoms with Gasteiger partial charge in [0.2, 0.25) is 0 Å². The molecular weight excluding hydrogens is 376 g/mol. The van der Waals surface area contributed by atoms with Crippen molar-refractivity contribution >= 4 is 35.5 Å². The minimum absolute atomic E-state index is 0.187. The van der Waals surface area contributed by atoms with Crippen LogP contribution in [0.5, 0.6) is 0 Å². The summed E-state index contributed by atoms with van der Waals surface area (Å²) in [6.45, 7) is 2.77. The number of nitrogens with one attached hydrogen (secondary N) is 1. The van der Waals surface area contributed by atoms with Crippen LogP contribution in [0.25, 0.3) is 0 Å². The lowest BCUT2D eigenvalue weighted by molar-refractivity contribution is -0.149. The first-order valence-electron chi connectivity index (χ1n) is 8.05. The largest absolute Gasteiger partial charge is 0.477 e. The van der Waals surface area contributed by atoms with E-state index < -0.39 is 35.2 Å². The van der Waals surface area contributed by atoms with Gasteiger partial charge in [-0.15, -0.1) is 11.8 Å². The average molecular weight is 394 g/mol. The number of hydrogen-bond donors (Lipinski definition) is 2. The molecule has 2 atom stereocenters. The second-order valence-electron chi connectivity index (χ2n) is 6.17. The highest BCUT2D eigenvalue weighted by molar-refractivity contribution is 8.00. The highest BCUT2D eigenvalue weighted by atomic mass is 32.2. The van der Waals surface area contributed by atoms with Gasteiger partial charge in [-0.2, -0.15) is 5.10 Å². The lowest BCUT2D eigenvalue weighted by atomic mass is 10.0. The molecule has 3 heterocycles. The number of esters is 1. The molecule has 1 saturated heterocycles. The van der Waals surface area contributed by atoms with Crippen molar-refractivity contribution in [2.24, 2.45) is 7.05 Å². The quantitative estimate of drug-likeness (QED) is 0.512. The maximum atomic E-state index is 12.5. The van der Waals surface area contributed by atoms with Crippen LogP contribution in [0.2, 0.25) is 0 Å². The summed E-state index contributed by atoms with van der Waals surface area (Å²) in [5.41, 5.74) is 1.17. The molecule has 1 aromatic rings. The first kappa shape index (κ1) is 19.0. The number of carbonyl (C=O) groups excluding carboxylic acids is 3. The zero-order valence-electron chi connectivity index (χ0n) is 14.9. The molecule has 2 aliphatic heterocycles. The fourth-order valence-corrected chi connectivity index (χ4v) is 4.25. The molecule has 0 radical (unpaired) electrons. The van der Waals surface area contributed by atoms with E-state index in [0.717, 1.165) is 4.90 Å². The van der Waals surface area contributed by atoms with Gasteiger partial charge in [-0.05, 0) is 6.92 Å². The Hall–Kier alpha value is -2.82. The molecule has 0 spiro atoms. The van der Waals surface area contributed by atoms with E-state index in [2.05, 4.69) is 10.4 Å². The Morgan fingerprint density at radius 3 is 2.70 bits per heavy atom. The Bertz CT molecular complexity index is 876. The van der Waals surface area contributed by atoms with Gasteiger partial charge < -0.3 is 15.2 Å². The van der Waals surface area contributed by atoms with Crippen molar-refractivity contribution in [3.63, 3.8) is 0 Å². The number of ether oxygens (including phenoxy) is 1. The summed E-state index contributed by atoms with van der Waals surface area (Å²) < 4.78 is 6.43. The van der Waals surface area contributed by atoms with Gasteiger partial charge in [0.15, 0.2) is 0 Å². The average Bonchev–Trinajstić information content (AvgIpc) is 2.95. The first-order valence-corrected chi connectivity index (χ1v) is 9.10. The molecule has 0 bridgehead atoms. The second kappa shape index (κ2) is 7.06. The molecule has 0 aromatic carbocycles. The summed E-state index contributed by atoms with van der Waals surface area (Å²) in [6.07, 6.45) is 1.42. The minimum atomic E-state index is -1.27. The summed E-state index contributed by atoms with van der Waals surface area (Å²) in [4.78, 5) is 48.7. The van der Waals surface area contributed by atoms with Gasteiger partial charge in [-0.3, -0.25) is 24.0 Å². The van der Waals surface area contributed by atoms with Gasteiger partial charge in [-0.25, -0.2) is 4.79 Å². The van der Waals surface area contributed by atoms with Crippen LogP contribution in [0.1, 0.15) is 23.0 Å². The number of rotatable bonds is 5. The minimum Gasteiger partial charge on any atom is -0.477 e. The van der Waals surface area contributed by atoms with E-state index >= 15 is 0 Å². The zero-order chi connectivity index (χ0) is 19.9. The van der Waals surface area contributed by atoms with Crippen LogP contribution in [-0.4, -0.2) is 67.3 Å². The maximum absolute atomic E-state index is 12.5. The zero-order valence-corrected chi connectivity index (χ0v) is 15.7. The third-order valence-corrected chi connectivity index (χ3v) is 5.81. The fourth-order valence-electron chi connectivity index (χ4n) is 2.92. The molecule has 2 N–H and O–H groups in total. The predicted octanol–water partition coefficient (Wildman–Crippen LogP) is -0.356. The Morgan fingerprint density at radius 2 is 2.15 bits per heavy atom. The van der Waals surface area contributed by atoms with Crippen molar-refractivity contribution in [2.75, 3.05) is 12.4 Å². The lowest BCUT2D eigenvalue weighted by Gasteiger charge is -2.49. The number of thioether (sulfide) groups is 1. The van der Waals surface area contributed by atoms with Gasteiger partial charge in [0.25, 0.3) is 11.8 Å². The highest BCUT2D eigenvalue weighted by Gasteiger charge is 2.54. The molecule has 0 unspecified atom stereocenters. The van der Waals surface area contributed by atoms with Crippen LogP contribution >= 0.6 is 11.8 Å². The number of carbonyl (C=O) groups is 4. The van der Waals surface area contributed by atoms with E-state index in [1.807, 2.05) is 0 Å². The summed E-state index contributed by atoms with van der Waals surface area (Å²) in [6, 6.07) is -0.827. The smallest absolute Gasteiger partial charge is 0.352 e. The molecule has 10 nitrogen and oxygen atoms in total. The fraction of sp³-hybridized carbons (Fsp3) is 0.438. The summed E-state index contributed by atoms with van der Waals surface area (Å²) in [5.74, 6) is -2.48. The number of amides is 2. The third kappa shape index (κ3) is 3.29. The predicted molar refractivity (Wildman–Crippen MR) is 93.6 cm³/mol. The van der Waals surface area contributed by atoms with Gasteiger partial charge in [0.1, 0.15) is 23.7 Å². The Kier molecular flexibility index (Phi) is 4.96. The normalized spacial score (nSPS) is 21.4. The van der Waals surface area contributed by atoms with Gasteiger partial charge >= 0.3 is 11.9 Å². The highest BCUT2D eigenvalue weighted by Crippen LogP contribution is 2.40. The molecule has 1 aromatic heterocycles. The van der Waals surface area contributed by atoms with E-state index in [1.165, 1.54) is 24.9 Å². The number of carboxylic acid groups (broad SMARTS) is 1. The van der Waals surface area contributed by atoms with Crippen LogP contribution in [0.15, 0.2) is 17.5 Å². The maximum Gasteiger partial charge on any atom is 0.352 e. The molecular formula is C16H18N4O6S. The van der Waals surface area contributed by atoms with Crippen LogP contribution in [0, 0.1) is 6.92 Å². The van der Waals surface area contributed by atoms with Crippen LogP contribution < -0.4 is 5.32 Å². The third-order valence-electron chi connectivity index (χ3n) is 4.47. The summed E-state index contributed by atoms with van der Waals surface area (Å²) >= 11 is 1.31. The van der Waals surface area contributed by atoms with Crippen LogP contribution in [0.4, 0.5) is 0 Å². The van der Waals surface area contributed by atoms with E-state index in [9.17, 15) is 24.3 Å². The molecule has 2 amide bonds. The molecule has 0 aliphatic carbocycles. The number of aliphatic carboxylic acids is 1. The topological polar surface area (TPSA) is 131 Å². The van der Waals surface area contributed by atoms with Gasteiger partial charge in [0, 0.05) is 31.0 Å². The first-order chi connectivity index (χ1) is 12.7. The lowest BCUT2D eigenvalue weighted by Crippen LogP contribution is -2.70. The van der Waals surface area contributed by atoms with Gasteiger partial charge in [-0.1, -0.05) is 0 Å². The summed E-state index contributed by atoms with van der Waals surface area (Å²) in [7, 11) is 1.70. The Morgan fingerprint density at radius 1 is 1.44 bits per heavy atom. The molecule has 3 rings (SSSR count). The van der Waals surface area contributed by atoms with Gasteiger partial charge in [0.05, 0.1) is 11.8 Å². The standard InChI is InChI=1S/C16H18N4O6S/c1-7-10(4-17-19(7)3)13(22)18-11-14(23)20-12(16(24)25)9(5-26-8(2)21)6-27-15(11)20/h4,11,15H,5-6H2,1-3H3,(H,18,22)(H,24,25)/t11-,15-/m0/s1. The number of carboxylic acids is 1. The van der Waals surface area contributed by atoms with Crippen molar-refractivity contribution < 1.29 is 29.0 Å². The number of hydrogen-bond acceptors (Lipinski definition) is 7. The van der Waals surface area contributed by atoms with E-state index in [1.54, 1.807) is 18.7 Å². The number of fused-ring (bicyclic) bond motifs is 1. The number of β-lactam (4-membered cyclic amide) rings is 1. The van der Waals surface area contributed by atoms with E-state index in [4.69, 9.17) is 4.74 Å². The molecule has 2 aliphatic rings. The molecule has 144 valence electrons. The van der Waals surface area contributed by atoms with E-state index in [-0.39, 0.29) is 18.1 Å². The van der Waals surface area contributed by atoms with Crippen molar-refractivity contribution in [3.05, 3.63) is 28.7 Å². The molecule has 27 heavy (non-hydrogen) atoms. The van der Waals surface area contributed by atoms with E-state index in [0.29, 0.717) is 16.8 Å². The Labute approximate surface area is 158 Å². The van der Waals surface area contributed by atoms with Crippen LogP contribution in [-0.2, 0) is 26.2 Å². The number of aromatic nitrogens is 2. The van der Waals surface area contributed by atoms with Crippen LogP contribution in [0.3, 0.4) is 0 Å². The van der Waals surface area contributed by atoms with Crippen molar-refractivity contribution in [1.29, 1.82) is 0 Å². The monoisotopic (exact) mass is 394 g/mol. The SMILES string of the molecule is CC(=O)OCC1=C(C(=O)O)N2C(=O)[C@H](NC(=O)c3cnn(C)c3C)[C@@H]2SC1. The second-order valence-corrected chi connectivity index (χ2v) is 7.27. The number of aryl methyl sites for hydroxylation is 1. The number of nitrogens with zero attached hydrogens (tertiary/aromatic N) is 3. The molecule has 11 heteroatoms. The Balaban J connectivity index is 1.77. The molecule has 0 saturated carbocycles.